The molecule has 1 aliphatic heterocycles. The van der Waals surface area contributed by atoms with Gasteiger partial charge in [-0.3, -0.25) is 0 Å². The molecule has 0 radical (unpaired) electrons. The molecule has 2 aromatic heterocycles. The van der Waals surface area contributed by atoms with E-state index in [0.717, 1.165) is 5.52 Å². The smallest absolute Gasteiger partial charge is 0.298 e. The second-order valence-electron chi connectivity index (χ2n) is 4.44. The highest BCUT2D eigenvalue weighted by Crippen LogP contribution is 2.41. The molecule has 0 bridgehead atoms. The molecule has 8 nitrogen and oxygen atoms in total. The van der Waals surface area contributed by atoms with Crippen molar-refractivity contribution < 1.29 is 9.47 Å². The van der Waals surface area contributed by atoms with Gasteiger partial charge in [0.2, 0.25) is 0 Å². The Kier molecular flexibility index (Phi) is 2.77. The van der Waals surface area contributed by atoms with Gasteiger partial charge in [-0.05, 0) is 11.8 Å². The van der Waals surface area contributed by atoms with E-state index in [1.54, 1.807) is 18.3 Å². The van der Waals surface area contributed by atoms with E-state index >= 15 is 0 Å². The van der Waals surface area contributed by atoms with Crippen LogP contribution in [0.15, 0.2) is 29.8 Å². The van der Waals surface area contributed by atoms with E-state index in [1.165, 1.54) is 18.1 Å². The van der Waals surface area contributed by atoms with Crippen molar-refractivity contribution in [2.45, 2.75) is 10.8 Å². The number of benzene rings is 1. The van der Waals surface area contributed by atoms with Crippen LogP contribution in [0.3, 0.4) is 0 Å². The van der Waals surface area contributed by atoms with Crippen LogP contribution in [0, 0.1) is 11.3 Å². The van der Waals surface area contributed by atoms with Crippen LogP contribution in [0.4, 0.5) is 5.69 Å². The molecular formula is C13H8N6O2S. The van der Waals surface area contributed by atoms with Crippen molar-refractivity contribution >= 4 is 28.6 Å². The predicted octanol–water partition coefficient (Wildman–Crippen LogP) is 1.65. The number of fused-ring (bicyclic) bond motifs is 2. The zero-order chi connectivity index (χ0) is 15.1. The molecule has 0 saturated heterocycles. The summed E-state index contributed by atoms with van der Waals surface area (Å²) >= 11 is 1.25. The van der Waals surface area contributed by atoms with E-state index < -0.39 is 5.62 Å². The summed E-state index contributed by atoms with van der Waals surface area (Å²) in [5.74, 6) is 0.990. The lowest BCUT2D eigenvalue weighted by atomic mass is 10.2. The highest BCUT2D eigenvalue weighted by molar-refractivity contribution is 7.99. The monoisotopic (exact) mass is 312 g/mol. The lowest BCUT2D eigenvalue weighted by Crippen LogP contribution is -2.12. The first kappa shape index (κ1) is 12.7. The lowest BCUT2D eigenvalue weighted by molar-refractivity contribution is 0.135. The van der Waals surface area contributed by atoms with Crippen LogP contribution in [0.5, 0.6) is 11.5 Å². The van der Waals surface area contributed by atoms with Gasteiger partial charge in [0, 0.05) is 12.1 Å². The van der Waals surface area contributed by atoms with E-state index in [1.807, 2.05) is 6.07 Å². The van der Waals surface area contributed by atoms with Crippen molar-refractivity contribution in [3.63, 3.8) is 0 Å². The number of nitrogens with zero attached hydrogens (tertiary/aromatic N) is 4. The number of hydrogen-bond acceptors (Lipinski definition) is 8. The Morgan fingerprint density at radius 2 is 2.14 bits per heavy atom. The highest BCUT2D eigenvalue weighted by atomic mass is 32.2. The standard InChI is InChI=1S/C13H8N6O2S/c14-3-6-1-9-10(2-7(6)15)21-13(20-9)22-12-18-8-4-16-5-17-11(8)19-12/h1-2,4-5,13H,15H2,(H,16,17,18,19). The van der Waals surface area contributed by atoms with Crippen LogP contribution >= 0.6 is 11.8 Å². The maximum atomic E-state index is 8.97. The highest BCUT2D eigenvalue weighted by Gasteiger charge is 2.27. The minimum Gasteiger partial charge on any atom is -0.441 e. The second-order valence-corrected chi connectivity index (χ2v) is 5.45. The molecule has 0 fully saturated rings. The number of anilines is 1. The first-order valence-electron chi connectivity index (χ1n) is 6.22. The summed E-state index contributed by atoms with van der Waals surface area (Å²) in [6.45, 7) is 0. The molecule has 1 unspecified atom stereocenters. The van der Waals surface area contributed by atoms with Crippen LogP contribution in [-0.4, -0.2) is 25.6 Å². The van der Waals surface area contributed by atoms with Gasteiger partial charge in [0.05, 0.1) is 17.4 Å². The fourth-order valence-corrected chi connectivity index (χ4v) is 2.82. The number of imidazole rings is 1. The summed E-state index contributed by atoms with van der Waals surface area (Å²) in [6.07, 6.45) is 3.08. The number of nitrogens with one attached hydrogen (secondary N) is 1. The van der Waals surface area contributed by atoms with Gasteiger partial charge < -0.3 is 20.2 Å². The van der Waals surface area contributed by atoms with Crippen LogP contribution in [0.25, 0.3) is 11.2 Å². The third-order valence-electron chi connectivity index (χ3n) is 3.03. The molecule has 1 atom stereocenters. The molecule has 0 amide bonds. The number of nitrogen functional groups attached to an aromatic ring is 1. The van der Waals surface area contributed by atoms with Gasteiger partial charge in [0.15, 0.2) is 22.3 Å². The molecular weight excluding hydrogens is 304 g/mol. The summed E-state index contributed by atoms with van der Waals surface area (Å²) in [4.78, 5) is 15.4. The Labute approximate surface area is 128 Å². The summed E-state index contributed by atoms with van der Waals surface area (Å²) in [5, 5.41) is 9.57. The molecule has 0 aliphatic carbocycles. The van der Waals surface area contributed by atoms with Crippen LogP contribution < -0.4 is 15.2 Å². The van der Waals surface area contributed by atoms with E-state index in [4.69, 9.17) is 20.5 Å². The predicted molar refractivity (Wildman–Crippen MR) is 78.2 cm³/mol. The Hall–Kier alpha value is -2.99. The lowest BCUT2D eigenvalue weighted by Gasteiger charge is -2.06. The van der Waals surface area contributed by atoms with Crippen LogP contribution in [0.2, 0.25) is 0 Å². The van der Waals surface area contributed by atoms with Gasteiger partial charge in [-0.1, -0.05) is 0 Å². The van der Waals surface area contributed by atoms with Gasteiger partial charge >= 0.3 is 0 Å². The van der Waals surface area contributed by atoms with Gasteiger partial charge in [-0.15, -0.1) is 0 Å². The fraction of sp³-hybridized carbons (Fsp3) is 0.0769. The number of ether oxygens (including phenoxy) is 2. The number of aromatic nitrogens is 4. The van der Waals surface area contributed by atoms with Gasteiger partial charge in [-0.25, -0.2) is 15.0 Å². The molecule has 0 saturated carbocycles. The quantitative estimate of drug-likeness (QED) is 0.685. The number of rotatable bonds is 2. The van der Waals surface area contributed by atoms with Crippen molar-refractivity contribution in [1.82, 2.24) is 19.9 Å². The third kappa shape index (κ3) is 2.06. The molecule has 1 aromatic carbocycles. The van der Waals surface area contributed by atoms with Crippen molar-refractivity contribution in [2.24, 2.45) is 0 Å². The average Bonchev–Trinajstić information content (AvgIpc) is 3.08. The number of thioether (sulfide) groups is 1. The van der Waals surface area contributed by atoms with Gasteiger partial charge in [0.1, 0.15) is 17.9 Å². The SMILES string of the molecule is N#Cc1cc2c(cc1N)OC(Sc1nc3ncncc3[nH]1)O2. The van der Waals surface area contributed by atoms with Crippen LogP contribution in [-0.2, 0) is 0 Å². The average molecular weight is 312 g/mol. The Morgan fingerprint density at radius 1 is 1.32 bits per heavy atom. The van der Waals surface area contributed by atoms with Crippen molar-refractivity contribution in [1.29, 1.82) is 5.26 Å². The first-order chi connectivity index (χ1) is 10.7. The topological polar surface area (TPSA) is 123 Å². The molecule has 9 heteroatoms. The van der Waals surface area contributed by atoms with Crippen LogP contribution in [0.1, 0.15) is 5.56 Å². The minimum atomic E-state index is -0.614. The second kappa shape index (κ2) is 4.78. The Bertz CT molecular complexity index is 886. The van der Waals surface area contributed by atoms with E-state index in [-0.39, 0.29) is 0 Å². The summed E-state index contributed by atoms with van der Waals surface area (Å²) < 4.78 is 11.3. The van der Waals surface area contributed by atoms with Crippen molar-refractivity contribution in [3.05, 3.63) is 30.2 Å². The molecule has 4 rings (SSSR count). The zero-order valence-corrected chi connectivity index (χ0v) is 11.8. The minimum absolute atomic E-state index is 0.354. The third-order valence-corrected chi connectivity index (χ3v) is 3.83. The maximum Gasteiger partial charge on any atom is 0.298 e. The largest absolute Gasteiger partial charge is 0.441 e. The van der Waals surface area contributed by atoms with E-state index in [9.17, 15) is 0 Å². The number of nitriles is 1. The van der Waals surface area contributed by atoms with E-state index in [2.05, 4.69) is 19.9 Å². The molecule has 1 aliphatic rings. The van der Waals surface area contributed by atoms with Gasteiger partial charge in [-0.2, -0.15) is 5.26 Å². The molecule has 3 heterocycles. The molecule has 3 N–H and O–H groups in total. The first-order valence-corrected chi connectivity index (χ1v) is 7.10. The number of hydrogen-bond donors (Lipinski definition) is 2. The van der Waals surface area contributed by atoms with Crippen molar-refractivity contribution in [2.75, 3.05) is 5.73 Å². The number of nitrogens with two attached hydrogens (primary N) is 1. The summed E-state index contributed by atoms with van der Waals surface area (Å²) in [6, 6.07) is 5.15. The zero-order valence-electron chi connectivity index (χ0n) is 11.0. The maximum absolute atomic E-state index is 8.97. The Morgan fingerprint density at radius 3 is 2.91 bits per heavy atom. The van der Waals surface area contributed by atoms with E-state index in [0.29, 0.717) is 33.6 Å². The molecule has 3 aromatic rings. The molecule has 22 heavy (non-hydrogen) atoms. The Balaban J connectivity index is 1.57. The summed E-state index contributed by atoms with van der Waals surface area (Å²) in [5.41, 5.74) is 7.16. The van der Waals surface area contributed by atoms with Crippen molar-refractivity contribution in [3.8, 4) is 17.6 Å². The number of aromatic amines is 1. The number of H-pyrrole nitrogens is 1. The molecule has 0 spiro atoms. The van der Waals surface area contributed by atoms with Gasteiger partial charge in [0.25, 0.3) is 5.62 Å². The summed E-state index contributed by atoms with van der Waals surface area (Å²) in [7, 11) is 0. The normalized spacial score (nSPS) is 15.9. The fourth-order valence-electron chi connectivity index (χ4n) is 2.02. The molecule has 108 valence electrons.